The number of alkyl carbamates (subject to hydrolysis) is 1. The number of carbonyl (C=O) groups is 3. The van der Waals surface area contributed by atoms with Gasteiger partial charge in [-0.15, -0.1) is 0 Å². The van der Waals surface area contributed by atoms with Gasteiger partial charge in [-0.3, -0.25) is 4.79 Å². The summed E-state index contributed by atoms with van der Waals surface area (Å²) in [5.41, 5.74) is 5.07. The number of nitrogens with one attached hydrogen (secondary N) is 1. The van der Waals surface area contributed by atoms with Crippen LogP contribution in [0.3, 0.4) is 0 Å². The molecule has 0 aromatic heterocycles. The van der Waals surface area contributed by atoms with Crippen LogP contribution in [0.15, 0.2) is 71.8 Å². The monoisotopic (exact) mass is 752 g/mol. The minimum Gasteiger partial charge on any atom is -0.461 e. The van der Waals surface area contributed by atoms with Gasteiger partial charge in [0.25, 0.3) is 0 Å². The highest BCUT2D eigenvalue weighted by Gasteiger charge is 2.61. The molecule has 2 saturated heterocycles. The number of ether oxygens (including phenoxy) is 4. The van der Waals surface area contributed by atoms with Gasteiger partial charge < -0.3 is 29.2 Å². The van der Waals surface area contributed by atoms with E-state index in [0.29, 0.717) is 36.1 Å². The van der Waals surface area contributed by atoms with Crippen LogP contribution >= 0.6 is 0 Å². The number of nitrogens with zero attached hydrogens (tertiary/aromatic N) is 1. The van der Waals surface area contributed by atoms with E-state index in [1.165, 1.54) is 24.8 Å². The number of likely N-dealkylation sites (tertiary alicyclic amines) is 1. The number of rotatable bonds is 7. The summed E-state index contributed by atoms with van der Waals surface area (Å²) in [6.45, 7) is 10.4. The zero-order valence-electron chi connectivity index (χ0n) is 33.2. The van der Waals surface area contributed by atoms with Gasteiger partial charge in [-0.2, -0.15) is 0 Å². The molecule has 1 N–H and O–H groups in total. The van der Waals surface area contributed by atoms with Crippen LogP contribution in [0.2, 0.25) is 0 Å². The van der Waals surface area contributed by atoms with Crippen LogP contribution in [-0.2, 0) is 37.0 Å². The van der Waals surface area contributed by atoms with Gasteiger partial charge in [0.2, 0.25) is 0 Å². The van der Waals surface area contributed by atoms with Crippen molar-refractivity contribution >= 4 is 18.2 Å². The largest absolute Gasteiger partial charge is 0.461 e. The first-order chi connectivity index (χ1) is 26.5. The van der Waals surface area contributed by atoms with E-state index in [0.717, 1.165) is 56.1 Å². The van der Waals surface area contributed by atoms with Crippen LogP contribution in [0.4, 0.5) is 9.59 Å². The lowest BCUT2D eigenvalue weighted by molar-refractivity contribution is -0.155. The highest BCUT2D eigenvalue weighted by Crippen LogP contribution is 2.65. The summed E-state index contributed by atoms with van der Waals surface area (Å²) in [5.74, 6) is 2.62. The molecule has 2 heterocycles. The molecule has 11 atom stereocenters. The van der Waals surface area contributed by atoms with Crippen LogP contribution in [0, 0.1) is 40.9 Å². The Morgan fingerprint density at radius 2 is 1.60 bits per heavy atom. The first-order valence-corrected chi connectivity index (χ1v) is 21.0. The van der Waals surface area contributed by atoms with Crippen molar-refractivity contribution in [3.8, 4) is 0 Å². The third kappa shape index (κ3) is 7.54. The Labute approximate surface area is 326 Å². The summed E-state index contributed by atoms with van der Waals surface area (Å²) in [5, 5.41) is 2.56. The van der Waals surface area contributed by atoms with Gasteiger partial charge in [0, 0.05) is 12.5 Å². The zero-order valence-corrected chi connectivity index (χ0v) is 33.2. The molecule has 8 rings (SSSR count). The SMILES string of the molecule is CC1=C2C[C@H]3[C@@H](CC[C@@H]4C[C@H](OC(=O)CNC(=O)OCc5ccccc5)CC[C@@]43C)[C@@H]2CC[C@@]2(C1)OC1C[C@H](C)CN(C(=O)OCc3ccccc3)[C@H]1[C@H]2C. The second-order valence-corrected chi connectivity index (χ2v) is 18.2. The summed E-state index contributed by atoms with van der Waals surface area (Å²) in [6.07, 6.45) is 9.56. The van der Waals surface area contributed by atoms with Crippen molar-refractivity contribution in [2.45, 2.75) is 129 Å². The Morgan fingerprint density at radius 1 is 0.891 bits per heavy atom. The zero-order chi connectivity index (χ0) is 38.3. The quantitative estimate of drug-likeness (QED) is 0.171. The number of esters is 1. The maximum atomic E-state index is 13.7. The highest BCUT2D eigenvalue weighted by atomic mass is 16.6. The summed E-state index contributed by atoms with van der Waals surface area (Å²) in [6, 6.07) is 19.4. The molecular formula is C46H60N2O7. The Bertz CT molecular complexity index is 1750. The van der Waals surface area contributed by atoms with E-state index in [1.54, 1.807) is 5.57 Å². The number of amides is 2. The Hall–Kier alpha value is -3.85. The van der Waals surface area contributed by atoms with E-state index in [4.69, 9.17) is 18.9 Å². The van der Waals surface area contributed by atoms with Gasteiger partial charge in [-0.1, -0.05) is 92.6 Å². The molecule has 4 aliphatic carbocycles. The molecule has 296 valence electrons. The van der Waals surface area contributed by atoms with Gasteiger partial charge in [-0.05, 0) is 117 Å². The molecule has 2 amide bonds. The third-order valence-corrected chi connectivity index (χ3v) is 15.0. The molecule has 1 unspecified atom stereocenters. The molecule has 3 saturated carbocycles. The minimum absolute atomic E-state index is 0.0332. The van der Waals surface area contributed by atoms with Gasteiger partial charge in [-0.25, -0.2) is 9.59 Å². The summed E-state index contributed by atoms with van der Waals surface area (Å²) in [4.78, 5) is 40.6. The first-order valence-electron chi connectivity index (χ1n) is 21.0. The van der Waals surface area contributed by atoms with Gasteiger partial charge >= 0.3 is 18.2 Å². The first kappa shape index (κ1) is 38.0. The topological polar surface area (TPSA) is 103 Å². The fourth-order valence-corrected chi connectivity index (χ4v) is 12.3. The number of hydrogen-bond acceptors (Lipinski definition) is 7. The molecule has 6 aliphatic rings. The molecule has 5 fully saturated rings. The van der Waals surface area contributed by atoms with Crippen molar-refractivity contribution in [2.75, 3.05) is 13.1 Å². The molecule has 55 heavy (non-hydrogen) atoms. The van der Waals surface area contributed by atoms with E-state index >= 15 is 0 Å². The van der Waals surface area contributed by atoms with Gasteiger partial charge in [0.15, 0.2) is 0 Å². The lowest BCUT2D eigenvalue weighted by Crippen LogP contribution is -2.54. The maximum absolute atomic E-state index is 13.7. The lowest BCUT2D eigenvalue weighted by atomic mass is 9.52. The van der Waals surface area contributed by atoms with Crippen molar-refractivity contribution in [2.24, 2.45) is 40.9 Å². The standard InChI is InChI=1S/C46H60N2O7/c1-29-21-40-42(48(26-29)44(51)53-28-33-13-9-6-10-14-33)31(3)46(55-40)20-18-36-37-16-15-34-22-35(17-19-45(34,4)39(37)23-38(36)30(2)24-46)54-41(49)25-47-43(50)52-27-32-11-7-5-8-12-32/h5-14,29,31,34-37,39-40,42H,15-28H2,1-4H3,(H,47,50)/t29-,31+,34+,35+,36-,37-,39-,40?,42-,45-,46-/m0/s1. The molecule has 0 bridgehead atoms. The minimum atomic E-state index is -0.618. The van der Waals surface area contributed by atoms with Gasteiger partial charge in [0.1, 0.15) is 25.9 Å². The van der Waals surface area contributed by atoms with Gasteiger partial charge in [0.05, 0.1) is 17.7 Å². The predicted molar refractivity (Wildman–Crippen MR) is 208 cm³/mol. The van der Waals surface area contributed by atoms with Crippen molar-refractivity contribution in [1.29, 1.82) is 0 Å². The third-order valence-electron chi connectivity index (χ3n) is 15.0. The Balaban J connectivity index is 0.879. The number of hydrogen-bond donors (Lipinski definition) is 1. The molecule has 1 spiro atoms. The molecule has 2 aromatic rings. The molecule has 2 aromatic carbocycles. The van der Waals surface area contributed by atoms with Crippen molar-refractivity contribution in [3.05, 3.63) is 82.9 Å². The van der Waals surface area contributed by atoms with Crippen LogP contribution in [0.25, 0.3) is 0 Å². The molecular weight excluding hydrogens is 693 g/mol. The number of carbonyl (C=O) groups excluding carboxylic acids is 3. The summed E-state index contributed by atoms with van der Waals surface area (Å²) in [7, 11) is 0. The van der Waals surface area contributed by atoms with Crippen molar-refractivity contribution in [3.63, 3.8) is 0 Å². The number of allylic oxidation sites excluding steroid dienone is 1. The maximum Gasteiger partial charge on any atom is 0.410 e. The second-order valence-electron chi connectivity index (χ2n) is 18.2. The van der Waals surface area contributed by atoms with Crippen molar-refractivity contribution < 1.29 is 33.3 Å². The smallest absolute Gasteiger partial charge is 0.410 e. The second kappa shape index (κ2) is 15.6. The van der Waals surface area contributed by atoms with E-state index in [2.05, 4.69) is 33.0 Å². The Morgan fingerprint density at radius 3 is 2.33 bits per heavy atom. The van der Waals surface area contributed by atoms with Crippen LogP contribution in [0.5, 0.6) is 0 Å². The predicted octanol–water partition coefficient (Wildman–Crippen LogP) is 9.00. The summed E-state index contributed by atoms with van der Waals surface area (Å²) < 4.78 is 24.3. The van der Waals surface area contributed by atoms with E-state index in [9.17, 15) is 14.4 Å². The number of piperidine rings is 1. The highest BCUT2D eigenvalue weighted by molar-refractivity contribution is 5.78. The fourth-order valence-electron chi connectivity index (χ4n) is 12.3. The normalized spacial score (nSPS) is 36.5. The number of benzene rings is 2. The Kier molecular flexibility index (Phi) is 10.8. The molecule has 9 nitrogen and oxygen atoms in total. The van der Waals surface area contributed by atoms with Crippen molar-refractivity contribution in [1.82, 2.24) is 10.2 Å². The average molecular weight is 753 g/mol. The lowest BCUT2D eigenvalue weighted by Gasteiger charge is -2.54. The molecule has 9 heteroatoms. The molecule has 2 aliphatic heterocycles. The van der Waals surface area contributed by atoms with Crippen LogP contribution in [0.1, 0.15) is 103 Å². The van der Waals surface area contributed by atoms with E-state index in [1.807, 2.05) is 65.6 Å². The van der Waals surface area contributed by atoms with E-state index < -0.39 is 12.1 Å². The number of fused-ring (bicyclic) bond motifs is 6. The average Bonchev–Trinajstić information content (AvgIpc) is 3.65. The fraction of sp³-hybridized carbons (Fsp3) is 0.630. The van der Waals surface area contributed by atoms with E-state index in [-0.39, 0.29) is 61.0 Å². The molecule has 0 radical (unpaired) electrons. The van der Waals surface area contributed by atoms with Crippen LogP contribution < -0.4 is 5.32 Å². The summed E-state index contributed by atoms with van der Waals surface area (Å²) >= 11 is 0. The van der Waals surface area contributed by atoms with Crippen LogP contribution in [-0.4, -0.2) is 60.0 Å².